The minimum atomic E-state index is -0.116. The fourth-order valence-electron chi connectivity index (χ4n) is 3.34. The van der Waals surface area contributed by atoms with Gasteiger partial charge in [0.2, 0.25) is 0 Å². The van der Waals surface area contributed by atoms with Gasteiger partial charge in [-0.2, -0.15) is 0 Å². The van der Waals surface area contributed by atoms with E-state index in [1.165, 1.54) is 11.3 Å². The highest BCUT2D eigenvalue weighted by molar-refractivity contribution is 7.13. The van der Waals surface area contributed by atoms with Crippen molar-refractivity contribution in [1.82, 2.24) is 9.88 Å². The first-order chi connectivity index (χ1) is 16.0. The minimum Gasteiger partial charge on any atom is -0.493 e. The van der Waals surface area contributed by atoms with E-state index in [0.717, 1.165) is 21.7 Å². The average molecular weight is 479 g/mol. The second-order valence-corrected chi connectivity index (χ2v) is 8.76. The zero-order chi connectivity index (χ0) is 23.2. The van der Waals surface area contributed by atoms with Crippen LogP contribution in [0.15, 0.2) is 78.2 Å². The van der Waals surface area contributed by atoms with E-state index >= 15 is 0 Å². The fourth-order valence-corrected chi connectivity index (χ4v) is 4.34. The number of thiazole rings is 1. The number of rotatable bonds is 8. The molecule has 4 rings (SSSR count). The molecule has 0 saturated heterocycles. The van der Waals surface area contributed by atoms with E-state index in [-0.39, 0.29) is 5.91 Å². The van der Waals surface area contributed by atoms with E-state index in [0.29, 0.717) is 35.4 Å². The number of carbonyl (C=O) groups is 1. The van der Waals surface area contributed by atoms with Gasteiger partial charge in [-0.15, -0.1) is 11.3 Å². The summed E-state index contributed by atoms with van der Waals surface area (Å²) in [6.07, 6.45) is 0. The minimum absolute atomic E-state index is 0.116. The van der Waals surface area contributed by atoms with Crippen molar-refractivity contribution in [3.05, 3.63) is 100 Å². The van der Waals surface area contributed by atoms with Gasteiger partial charge in [-0.1, -0.05) is 54.1 Å². The lowest BCUT2D eigenvalue weighted by Crippen LogP contribution is -2.26. The van der Waals surface area contributed by atoms with E-state index in [1.807, 2.05) is 72.8 Å². The van der Waals surface area contributed by atoms with Gasteiger partial charge in [-0.05, 0) is 41.5 Å². The zero-order valence-corrected chi connectivity index (χ0v) is 19.9. The second-order valence-electron chi connectivity index (χ2n) is 7.47. The summed E-state index contributed by atoms with van der Waals surface area (Å²) in [6.45, 7) is 0.902. The number of aromatic nitrogens is 1. The number of ether oxygens (including phenoxy) is 2. The molecule has 0 aliphatic rings. The van der Waals surface area contributed by atoms with Crippen LogP contribution in [0.1, 0.15) is 21.6 Å². The molecular formula is C26H23ClN2O3S. The van der Waals surface area contributed by atoms with Gasteiger partial charge >= 0.3 is 0 Å². The fraction of sp³-hybridized carbons (Fsp3) is 0.154. The van der Waals surface area contributed by atoms with E-state index in [1.54, 1.807) is 24.4 Å². The predicted molar refractivity (Wildman–Crippen MR) is 132 cm³/mol. The number of methoxy groups -OCH3 is 1. The summed E-state index contributed by atoms with van der Waals surface area (Å²) in [5.41, 5.74) is 3.32. The highest BCUT2D eigenvalue weighted by Crippen LogP contribution is 2.34. The number of carbonyl (C=O) groups excluding carboxylic acids is 1. The summed E-state index contributed by atoms with van der Waals surface area (Å²) < 4.78 is 11.5. The molecule has 3 aromatic carbocycles. The maximum atomic E-state index is 12.8. The van der Waals surface area contributed by atoms with Crippen LogP contribution in [0.25, 0.3) is 10.6 Å². The topological polar surface area (TPSA) is 51.7 Å². The Balaban J connectivity index is 1.46. The lowest BCUT2D eigenvalue weighted by Gasteiger charge is -2.15. The van der Waals surface area contributed by atoms with Crippen LogP contribution in [0.2, 0.25) is 5.02 Å². The Kier molecular flexibility index (Phi) is 7.27. The van der Waals surface area contributed by atoms with Crippen molar-refractivity contribution in [3.8, 4) is 22.1 Å². The molecule has 0 aliphatic carbocycles. The molecule has 4 aromatic rings. The Morgan fingerprint density at radius 1 is 1.00 bits per heavy atom. The lowest BCUT2D eigenvalue weighted by molar-refractivity contribution is 0.0780. The van der Waals surface area contributed by atoms with Gasteiger partial charge in [0.15, 0.2) is 11.5 Å². The molecule has 1 heterocycles. The molecule has 0 N–H and O–H groups in total. The third kappa shape index (κ3) is 5.72. The van der Waals surface area contributed by atoms with Crippen LogP contribution >= 0.6 is 22.9 Å². The van der Waals surface area contributed by atoms with E-state index in [4.69, 9.17) is 21.1 Å². The molecule has 7 heteroatoms. The van der Waals surface area contributed by atoms with Gasteiger partial charge < -0.3 is 14.4 Å². The molecule has 0 radical (unpaired) electrons. The van der Waals surface area contributed by atoms with Crippen molar-refractivity contribution >= 4 is 28.8 Å². The largest absolute Gasteiger partial charge is 0.493 e. The monoisotopic (exact) mass is 478 g/mol. The van der Waals surface area contributed by atoms with Gasteiger partial charge in [-0.25, -0.2) is 4.98 Å². The van der Waals surface area contributed by atoms with Gasteiger partial charge in [0.25, 0.3) is 5.91 Å². The van der Waals surface area contributed by atoms with E-state index < -0.39 is 0 Å². The number of hydrogen-bond donors (Lipinski definition) is 0. The highest BCUT2D eigenvalue weighted by atomic mass is 35.5. The van der Waals surface area contributed by atoms with E-state index in [9.17, 15) is 4.79 Å². The maximum Gasteiger partial charge on any atom is 0.273 e. The zero-order valence-electron chi connectivity index (χ0n) is 18.3. The normalized spacial score (nSPS) is 10.6. The smallest absolute Gasteiger partial charge is 0.273 e. The summed E-state index contributed by atoms with van der Waals surface area (Å²) in [5, 5.41) is 3.20. The van der Waals surface area contributed by atoms with Gasteiger partial charge in [0.1, 0.15) is 17.3 Å². The Bertz CT molecular complexity index is 1240. The molecule has 168 valence electrons. The number of hydrogen-bond acceptors (Lipinski definition) is 5. The number of benzene rings is 3. The Morgan fingerprint density at radius 3 is 2.55 bits per heavy atom. The molecular weight excluding hydrogens is 456 g/mol. The summed E-state index contributed by atoms with van der Waals surface area (Å²) >= 11 is 7.47. The summed E-state index contributed by atoms with van der Waals surface area (Å²) in [4.78, 5) is 19.1. The molecule has 0 spiro atoms. The first-order valence-electron chi connectivity index (χ1n) is 10.3. The number of nitrogens with zero attached hydrogens (tertiary/aromatic N) is 2. The van der Waals surface area contributed by atoms with E-state index in [2.05, 4.69) is 4.98 Å². The van der Waals surface area contributed by atoms with Crippen molar-refractivity contribution in [2.75, 3.05) is 14.2 Å². The quantitative estimate of drug-likeness (QED) is 0.297. The van der Waals surface area contributed by atoms with Crippen molar-refractivity contribution < 1.29 is 14.3 Å². The molecule has 0 bridgehead atoms. The standard InChI is InChI=1S/C26H23ClN2O3S/c1-29(15-18-7-4-3-5-8-18)26(30)22-17-33-25(28-22)20-11-12-23(24(14-20)31-2)32-16-19-9-6-10-21(27)13-19/h3-14,17H,15-16H2,1-2H3. The Morgan fingerprint density at radius 2 is 1.79 bits per heavy atom. The summed E-state index contributed by atoms with van der Waals surface area (Å²) in [5.74, 6) is 1.10. The molecule has 0 atom stereocenters. The van der Waals surface area contributed by atoms with Crippen LogP contribution in [-0.2, 0) is 13.2 Å². The van der Waals surface area contributed by atoms with Crippen LogP contribution < -0.4 is 9.47 Å². The van der Waals surface area contributed by atoms with Gasteiger partial charge in [0, 0.05) is 29.6 Å². The van der Waals surface area contributed by atoms with Crippen LogP contribution in [0.5, 0.6) is 11.5 Å². The first-order valence-corrected chi connectivity index (χ1v) is 11.6. The molecule has 1 amide bonds. The van der Waals surface area contributed by atoms with Crippen LogP contribution in [0.4, 0.5) is 0 Å². The van der Waals surface area contributed by atoms with Gasteiger partial charge in [-0.3, -0.25) is 4.79 Å². The molecule has 0 unspecified atom stereocenters. The molecule has 33 heavy (non-hydrogen) atoms. The van der Waals surface area contributed by atoms with Crippen LogP contribution in [0, 0.1) is 0 Å². The molecule has 1 aromatic heterocycles. The molecule has 0 aliphatic heterocycles. The number of halogens is 1. The third-order valence-electron chi connectivity index (χ3n) is 5.03. The lowest BCUT2D eigenvalue weighted by atomic mass is 10.2. The predicted octanol–water partition coefficient (Wildman–Crippen LogP) is 6.32. The molecule has 5 nitrogen and oxygen atoms in total. The molecule has 0 saturated carbocycles. The van der Waals surface area contributed by atoms with Crippen molar-refractivity contribution in [2.45, 2.75) is 13.2 Å². The second kappa shape index (κ2) is 10.5. The van der Waals surface area contributed by atoms with Crippen LogP contribution in [0.3, 0.4) is 0 Å². The highest BCUT2D eigenvalue weighted by Gasteiger charge is 2.17. The van der Waals surface area contributed by atoms with Crippen molar-refractivity contribution in [3.63, 3.8) is 0 Å². The first kappa shape index (κ1) is 22.8. The van der Waals surface area contributed by atoms with Crippen LogP contribution in [-0.4, -0.2) is 29.9 Å². The summed E-state index contributed by atoms with van der Waals surface area (Å²) in [7, 11) is 3.38. The molecule has 0 fully saturated rings. The SMILES string of the molecule is COc1cc(-c2nc(C(=O)N(C)Cc3ccccc3)cs2)ccc1OCc1cccc(Cl)c1. The third-order valence-corrected chi connectivity index (χ3v) is 6.15. The Labute approximate surface area is 202 Å². The van der Waals surface area contributed by atoms with Gasteiger partial charge in [0.05, 0.1) is 7.11 Å². The summed E-state index contributed by atoms with van der Waals surface area (Å²) in [6, 6.07) is 23.0. The maximum absolute atomic E-state index is 12.8. The van der Waals surface area contributed by atoms with Crippen molar-refractivity contribution in [2.24, 2.45) is 0 Å². The Hall–Kier alpha value is -3.35. The number of amides is 1. The average Bonchev–Trinajstić information content (AvgIpc) is 3.33. The van der Waals surface area contributed by atoms with Crippen molar-refractivity contribution in [1.29, 1.82) is 0 Å².